The molecule has 0 radical (unpaired) electrons. The minimum Gasteiger partial charge on any atom is -0.478 e. The topological polar surface area (TPSA) is 169 Å². The molecule has 3 N–H and O–H groups in total. The Morgan fingerprint density at radius 2 is 1.89 bits per heavy atom. The van der Waals surface area contributed by atoms with Crippen molar-refractivity contribution in [2.24, 2.45) is 0 Å². The van der Waals surface area contributed by atoms with Crippen molar-refractivity contribution >= 4 is 57.8 Å². The van der Waals surface area contributed by atoms with Gasteiger partial charge in [0.2, 0.25) is 17.7 Å². The Morgan fingerprint density at radius 3 is 2.62 bits per heavy atom. The van der Waals surface area contributed by atoms with E-state index in [2.05, 4.69) is 26.2 Å². The summed E-state index contributed by atoms with van der Waals surface area (Å²) in [5.74, 6) is -3.66. The molecule has 13 nitrogen and oxygen atoms in total. The van der Waals surface area contributed by atoms with E-state index in [1.165, 1.54) is 41.4 Å². The van der Waals surface area contributed by atoms with E-state index in [4.69, 9.17) is 16.3 Å². The van der Waals surface area contributed by atoms with Crippen molar-refractivity contribution in [3.05, 3.63) is 82.9 Å². The second-order valence-electron chi connectivity index (χ2n) is 10.0. The third-order valence-electron chi connectivity index (χ3n) is 7.12. The van der Waals surface area contributed by atoms with Crippen molar-refractivity contribution in [3.8, 4) is 5.69 Å². The maximum absolute atomic E-state index is 15.0. The molecule has 3 aromatic carbocycles. The molecule has 232 valence electrons. The maximum Gasteiger partial charge on any atom is 0.335 e. The van der Waals surface area contributed by atoms with Crippen molar-refractivity contribution in [2.45, 2.75) is 18.9 Å². The van der Waals surface area contributed by atoms with Gasteiger partial charge in [0.1, 0.15) is 12.4 Å². The zero-order valence-electron chi connectivity index (χ0n) is 23.7. The quantitative estimate of drug-likeness (QED) is 0.222. The van der Waals surface area contributed by atoms with E-state index in [1.54, 1.807) is 29.2 Å². The molecule has 0 bridgehead atoms. The van der Waals surface area contributed by atoms with Crippen LogP contribution in [0.1, 0.15) is 28.8 Å². The highest BCUT2D eigenvalue weighted by Gasteiger charge is 2.25. The lowest BCUT2D eigenvalue weighted by molar-refractivity contribution is -0.135. The van der Waals surface area contributed by atoms with Crippen LogP contribution in [0.3, 0.4) is 0 Å². The van der Waals surface area contributed by atoms with Crippen LogP contribution in [0.2, 0.25) is 5.02 Å². The number of ether oxygens (including phenoxy) is 1. The number of carboxylic acids is 1. The zero-order valence-corrected chi connectivity index (χ0v) is 24.4. The minimum absolute atomic E-state index is 0.0445. The fourth-order valence-electron chi connectivity index (χ4n) is 4.83. The molecular formula is C30H27ClFN7O6. The molecule has 1 saturated heterocycles. The third kappa shape index (κ3) is 7.48. The molecule has 2 heterocycles. The number of hydrogen-bond acceptors (Lipinski definition) is 8. The van der Waals surface area contributed by atoms with Crippen LogP contribution in [0.5, 0.6) is 0 Å². The van der Waals surface area contributed by atoms with Crippen LogP contribution < -0.4 is 10.6 Å². The van der Waals surface area contributed by atoms with Crippen molar-refractivity contribution in [3.63, 3.8) is 0 Å². The van der Waals surface area contributed by atoms with Gasteiger partial charge >= 0.3 is 5.97 Å². The second kappa shape index (κ2) is 14.1. The third-order valence-corrected chi connectivity index (χ3v) is 7.41. The number of halogens is 2. The summed E-state index contributed by atoms with van der Waals surface area (Å²) >= 11 is 5.97. The minimum atomic E-state index is -1.22. The summed E-state index contributed by atoms with van der Waals surface area (Å²) in [5, 5.41) is 26.7. The molecule has 0 unspecified atom stereocenters. The van der Waals surface area contributed by atoms with Gasteiger partial charge in [-0.2, -0.15) is 4.68 Å². The van der Waals surface area contributed by atoms with Gasteiger partial charge in [0.25, 0.3) is 0 Å². The first-order chi connectivity index (χ1) is 21.7. The Hall–Kier alpha value is -5.21. The number of amides is 3. The molecular weight excluding hydrogens is 609 g/mol. The molecule has 0 aliphatic carbocycles. The van der Waals surface area contributed by atoms with Gasteiger partial charge in [-0.15, -0.1) is 5.10 Å². The summed E-state index contributed by atoms with van der Waals surface area (Å²) in [6, 6.07) is 11.3. The van der Waals surface area contributed by atoms with Gasteiger partial charge in [0.15, 0.2) is 5.82 Å². The molecule has 45 heavy (non-hydrogen) atoms. The van der Waals surface area contributed by atoms with Gasteiger partial charge in [-0.25, -0.2) is 9.18 Å². The number of aromatic carboxylic acids is 1. The number of anilines is 1. The standard InChI is InChI=1S/C30H27ClFN7O6/c31-22-6-8-25(39-17-33-36-37-39)21(28(22)32)5-9-26(40)34-23(7-10-27(41)38-11-13-45-14-12-38)29(42)35-24-16-19(30(43)44)15-18-3-1-2-4-20(18)24/h1-6,8-9,15-17,23H,7,10-14H2,(H,34,40)(H,35,42)(H,43,44)/b9-5+/t23-/m0/s1. The molecule has 1 atom stereocenters. The van der Waals surface area contributed by atoms with E-state index < -0.39 is 29.6 Å². The maximum atomic E-state index is 15.0. The number of fused-ring (bicyclic) bond motifs is 1. The molecule has 4 aromatic rings. The molecule has 15 heteroatoms. The second-order valence-corrected chi connectivity index (χ2v) is 10.4. The number of nitrogens with one attached hydrogen (secondary N) is 2. The number of hydrogen-bond donors (Lipinski definition) is 3. The molecule has 1 aliphatic heterocycles. The smallest absolute Gasteiger partial charge is 0.335 e. The number of nitrogens with zero attached hydrogens (tertiary/aromatic N) is 5. The van der Waals surface area contributed by atoms with E-state index >= 15 is 0 Å². The average molecular weight is 636 g/mol. The van der Waals surface area contributed by atoms with Crippen LogP contribution in [0.15, 0.2) is 60.9 Å². The highest BCUT2D eigenvalue weighted by Crippen LogP contribution is 2.27. The Morgan fingerprint density at radius 1 is 1.11 bits per heavy atom. The fourth-order valence-corrected chi connectivity index (χ4v) is 4.99. The van der Waals surface area contributed by atoms with Crippen LogP contribution in [0.4, 0.5) is 10.1 Å². The lowest BCUT2D eigenvalue weighted by Crippen LogP contribution is -2.45. The number of carbonyl (C=O) groups is 4. The van der Waals surface area contributed by atoms with Crippen molar-refractivity contribution in [1.29, 1.82) is 0 Å². The number of aromatic nitrogens is 4. The first-order valence-electron chi connectivity index (χ1n) is 13.8. The summed E-state index contributed by atoms with van der Waals surface area (Å²) in [7, 11) is 0. The molecule has 1 fully saturated rings. The van der Waals surface area contributed by atoms with Crippen LogP contribution >= 0.6 is 11.6 Å². The lowest BCUT2D eigenvalue weighted by Gasteiger charge is -2.27. The number of carboxylic acid groups (broad SMARTS) is 1. The van der Waals surface area contributed by atoms with Crippen molar-refractivity contribution in [2.75, 3.05) is 31.6 Å². The van der Waals surface area contributed by atoms with Crippen LogP contribution in [0, 0.1) is 5.82 Å². The number of rotatable bonds is 10. The molecule has 1 aromatic heterocycles. The van der Waals surface area contributed by atoms with Gasteiger partial charge in [-0.1, -0.05) is 35.9 Å². The predicted octanol–water partition coefficient (Wildman–Crippen LogP) is 3.08. The number of tetrazole rings is 1. The largest absolute Gasteiger partial charge is 0.478 e. The molecule has 1 aliphatic rings. The fraction of sp³-hybridized carbons (Fsp3) is 0.233. The van der Waals surface area contributed by atoms with Crippen LogP contribution in [-0.2, 0) is 19.1 Å². The molecule has 0 saturated carbocycles. The van der Waals surface area contributed by atoms with E-state index in [0.29, 0.717) is 37.1 Å². The van der Waals surface area contributed by atoms with Gasteiger partial charge < -0.3 is 25.4 Å². The number of benzene rings is 3. The van der Waals surface area contributed by atoms with E-state index in [-0.39, 0.29) is 46.3 Å². The van der Waals surface area contributed by atoms with Crippen LogP contribution in [-0.4, -0.2) is 86.2 Å². The molecule has 3 amide bonds. The van der Waals surface area contributed by atoms with E-state index in [1.807, 2.05) is 0 Å². The Bertz CT molecular complexity index is 1780. The number of carbonyl (C=O) groups excluding carboxylic acids is 3. The summed E-state index contributed by atoms with van der Waals surface area (Å²) < 4.78 is 21.5. The summed E-state index contributed by atoms with van der Waals surface area (Å²) in [5.41, 5.74) is 0.306. The summed E-state index contributed by atoms with van der Waals surface area (Å²) in [6.07, 6.45) is 3.30. The normalized spacial score (nSPS) is 14.0. The predicted molar refractivity (Wildman–Crippen MR) is 161 cm³/mol. The van der Waals surface area contributed by atoms with E-state index in [9.17, 15) is 28.7 Å². The summed E-state index contributed by atoms with van der Waals surface area (Å²) in [4.78, 5) is 52.9. The Kier molecular flexibility index (Phi) is 9.75. The summed E-state index contributed by atoms with van der Waals surface area (Å²) in [6.45, 7) is 1.62. The van der Waals surface area contributed by atoms with Crippen molar-refractivity contribution in [1.82, 2.24) is 30.4 Å². The van der Waals surface area contributed by atoms with Crippen molar-refractivity contribution < 1.29 is 33.4 Å². The van der Waals surface area contributed by atoms with E-state index in [0.717, 1.165) is 6.08 Å². The molecule has 0 spiro atoms. The zero-order chi connectivity index (χ0) is 31.9. The van der Waals surface area contributed by atoms with Crippen LogP contribution in [0.25, 0.3) is 22.5 Å². The molecule has 5 rings (SSSR count). The van der Waals surface area contributed by atoms with Gasteiger partial charge in [0, 0.05) is 42.2 Å². The monoisotopic (exact) mass is 635 g/mol. The van der Waals surface area contributed by atoms with Gasteiger partial charge in [-0.05, 0) is 52.6 Å². The number of morpholine rings is 1. The Labute approximate surface area is 260 Å². The van der Waals surface area contributed by atoms with Gasteiger partial charge in [0.05, 0.1) is 29.5 Å². The first kappa shape index (κ1) is 31.2. The highest BCUT2D eigenvalue weighted by molar-refractivity contribution is 6.31. The lowest BCUT2D eigenvalue weighted by atomic mass is 10.0. The average Bonchev–Trinajstić information content (AvgIpc) is 3.58. The first-order valence-corrected chi connectivity index (χ1v) is 14.2. The SMILES string of the molecule is O=C(/C=C/c1c(-n2cnnn2)ccc(Cl)c1F)N[C@@H](CCC(=O)N1CCOCC1)C(=O)Nc1cc(C(=O)O)cc2ccccc12. The highest BCUT2D eigenvalue weighted by atomic mass is 35.5. The van der Waals surface area contributed by atoms with Gasteiger partial charge in [-0.3, -0.25) is 14.4 Å². The Balaban J connectivity index is 1.39.